The molecule has 0 amide bonds. The molecule has 0 aliphatic carbocycles. The Morgan fingerprint density at radius 1 is 0.941 bits per heavy atom. The third kappa shape index (κ3) is 4.13. The van der Waals surface area contributed by atoms with Gasteiger partial charge in [0.1, 0.15) is 5.65 Å². The third-order valence-electron chi connectivity index (χ3n) is 6.36. The number of aryl methyl sites for hydroxylation is 2. The summed E-state index contributed by atoms with van der Waals surface area (Å²) in [5, 5.41) is 5.87. The number of nitrogens with zero attached hydrogens (tertiary/aromatic N) is 3. The predicted octanol–water partition coefficient (Wildman–Crippen LogP) is 5.39. The van der Waals surface area contributed by atoms with Gasteiger partial charge in [-0.15, -0.1) is 0 Å². The Labute approximate surface area is 199 Å². The first-order valence-electron chi connectivity index (χ1n) is 11.6. The van der Waals surface area contributed by atoms with Crippen molar-refractivity contribution in [3.63, 3.8) is 0 Å². The van der Waals surface area contributed by atoms with Gasteiger partial charge in [-0.2, -0.15) is 0 Å². The summed E-state index contributed by atoms with van der Waals surface area (Å²) in [6, 6.07) is 21.1. The van der Waals surface area contributed by atoms with Crippen molar-refractivity contribution >= 4 is 21.9 Å². The molecule has 174 valence electrons. The molecule has 0 saturated carbocycles. The molecule has 2 aromatic carbocycles. The third-order valence-corrected chi connectivity index (χ3v) is 6.36. The molecule has 34 heavy (non-hydrogen) atoms. The molecule has 3 heterocycles. The van der Waals surface area contributed by atoms with E-state index in [0.717, 1.165) is 64.1 Å². The van der Waals surface area contributed by atoms with Crippen molar-refractivity contribution in [2.45, 2.75) is 19.5 Å². The Morgan fingerprint density at radius 2 is 1.74 bits per heavy atom. The van der Waals surface area contributed by atoms with E-state index in [9.17, 15) is 0 Å². The van der Waals surface area contributed by atoms with E-state index in [4.69, 9.17) is 14.5 Å². The second-order valence-electron chi connectivity index (χ2n) is 8.50. The second kappa shape index (κ2) is 9.61. The van der Waals surface area contributed by atoms with E-state index in [1.54, 1.807) is 14.2 Å². The number of hydrogen-bond acceptors (Lipinski definition) is 4. The summed E-state index contributed by atoms with van der Waals surface area (Å²) in [5.74, 6) is 1.45. The van der Waals surface area contributed by atoms with Crippen LogP contribution in [0, 0.1) is 0 Å². The van der Waals surface area contributed by atoms with Crippen LogP contribution in [0.5, 0.6) is 11.5 Å². The fourth-order valence-corrected chi connectivity index (χ4v) is 4.64. The number of benzene rings is 2. The first kappa shape index (κ1) is 22.0. The number of rotatable bonds is 9. The van der Waals surface area contributed by atoms with Crippen molar-refractivity contribution in [3.8, 4) is 22.8 Å². The Kier molecular flexibility index (Phi) is 6.23. The maximum atomic E-state index is 5.60. The van der Waals surface area contributed by atoms with Crippen LogP contribution in [0.2, 0.25) is 0 Å². The minimum atomic E-state index is 0.689. The number of hydrogen-bond donors (Lipinski definition) is 1. The molecule has 0 spiro atoms. The molecule has 6 heteroatoms. The van der Waals surface area contributed by atoms with E-state index in [2.05, 4.69) is 76.2 Å². The number of aromatic nitrogens is 3. The smallest absolute Gasteiger partial charge is 0.162 e. The van der Waals surface area contributed by atoms with E-state index in [1.807, 2.05) is 18.3 Å². The van der Waals surface area contributed by atoms with Crippen molar-refractivity contribution in [3.05, 3.63) is 78.6 Å². The number of fused-ring (bicyclic) bond motifs is 2. The van der Waals surface area contributed by atoms with Gasteiger partial charge in [0.05, 0.1) is 32.1 Å². The topological polar surface area (TPSA) is 53.2 Å². The Morgan fingerprint density at radius 3 is 2.53 bits per heavy atom. The first-order chi connectivity index (χ1) is 16.7. The molecule has 0 aliphatic rings. The highest BCUT2D eigenvalue weighted by molar-refractivity contribution is 5.99. The number of pyridine rings is 1. The van der Waals surface area contributed by atoms with E-state index in [-0.39, 0.29) is 0 Å². The minimum absolute atomic E-state index is 0.689. The number of methoxy groups -OCH3 is 2. The van der Waals surface area contributed by atoms with Crippen LogP contribution in [0.25, 0.3) is 33.2 Å². The molecular formula is C28H30N4O2. The standard InChI is InChI=1S/C28H30N4O2/c1-31-18-23(22-16-26(33-2)27(34-3)17-24(22)31)25-15-21-12-8-14-30-28(21)32(25)19-29-13-7-11-20-9-5-4-6-10-20/h4-6,8-10,12,14-18,29H,7,11,13,19H2,1-3H3. The maximum Gasteiger partial charge on any atom is 0.162 e. The van der Waals surface area contributed by atoms with Gasteiger partial charge in [0.25, 0.3) is 0 Å². The molecule has 0 radical (unpaired) electrons. The Bertz CT molecular complexity index is 1420. The van der Waals surface area contributed by atoms with E-state index in [0.29, 0.717) is 6.67 Å². The van der Waals surface area contributed by atoms with Gasteiger partial charge in [-0.1, -0.05) is 30.3 Å². The highest BCUT2D eigenvalue weighted by atomic mass is 16.5. The van der Waals surface area contributed by atoms with Gasteiger partial charge in [0, 0.05) is 41.8 Å². The zero-order valence-corrected chi connectivity index (χ0v) is 19.9. The van der Waals surface area contributed by atoms with E-state index >= 15 is 0 Å². The zero-order chi connectivity index (χ0) is 23.5. The highest BCUT2D eigenvalue weighted by Crippen LogP contribution is 2.39. The Hall–Kier alpha value is -3.77. The molecular weight excluding hydrogens is 424 g/mol. The van der Waals surface area contributed by atoms with Crippen LogP contribution in [0.1, 0.15) is 12.0 Å². The summed E-state index contributed by atoms with van der Waals surface area (Å²) in [5.41, 5.74) is 5.71. The van der Waals surface area contributed by atoms with E-state index in [1.165, 1.54) is 5.56 Å². The fraction of sp³-hybridized carbons (Fsp3) is 0.250. The SMILES string of the molecule is COc1cc2c(-c3cc4cccnc4n3CNCCCc3ccccc3)cn(C)c2cc1OC. The minimum Gasteiger partial charge on any atom is -0.493 e. The van der Waals surface area contributed by atoms with Gasteiger partial charge in [0.15, 0.2) is 11.5 Å². The normalized spacial score (nSPS) is 11.4. The monoisotopic (exact) mass is 454 g/mol. The van der Waals surface area contributed by atoms with Crippen LogP contribution < -0.4 is 14.8 Å². The molecule has 3 aromatic heterocycles. The molecule has 0 bridgehead atoms. The lowest BCUT2D eigenvalue weighted by atomic mass is 10.1. The summed E-state index contributed by atoms with van der Waals surface area (Å²) in [7, 11) is 5.40. The van der Waals surface area contributed by atoms with Crippen molar-refractivity contribution in [1.29, 1.82) is 0 Å². The molecule has 0 atom stereocenters. The maximum absolute atomic E-state index is 5.60. The summed E-state index contributed by atoms with van der Waals surface area (Å²) in [4.78, 5) is 4.69. The highest BCUT2D eigenvalue weighted by Gasteiger charge is 2.18. The lowest BCUT2D eigenvalue weighted by Gasteiger charge is -2.12. The molecule has 5 aromatic rings. The van der Waals surface area contributed by atoms with Gasteiger partial charge in [-0.25, -0.2) is 4.98 Å². The van der Waals surface area contributed by atoms with Crippen LogP contribution >= 0.6 is 0 Å². The van der Waals surface area contributed by atoms with Crippen molar-refractivity contribution < 1.29 is 9.47 Å². The zero-order valence-electron chi connectivity index (χ0n) is 19.9. The average Bonchev–Trinajstić information content (AvgIpc) is 3.40. The molecule has 0 saturated heterocycles. The number of ether oxygens (including phenoxy) is 2. The predicted molar refractivity (Wildman–Crippen MR) is 138 cm³/mol. The summed E-state index contributed by atoms with van der Waals surface area (Å²) >= 11 is 0. The Balaban J connectivity index is 1.47. The second-order valence-corrected chi connectivity index (χ2v) is 8.50. The van der Waals surface area contributed by atoms with E-state index < -0.39 is 0 Å². The van der Waals surface area contributed by atoms with Gasteiger partial charge < -0.3 is 18.6 Å². The lowest BCUT2D eigenvalue weighted by Crippen LogP contribution is -2.20. The van der Waals surface area contributed by atoms with Crippen LogP contribution in [0.3, 0.4) is 0 Å². The van der Waals surface area contributed by atoms with Gasteiger partial charge in [-0.3, -0.25) is 5.32 Å². The molecule has 1 N–H and O–H groups in total. The van der Waals surface area contributed by atoms with Gasteiger partial charge >= 0.3 is 0 Å². The lowest BCUT2D eigenvalue weighted by molar-refractivity contribution is 0.355. The fourth-order valence-electron chi connectivity index (χ4n) is 4.64. The summed E-state index contributed by atoms with van der Waals surface area (Å²) in [6.07, 6.45) is 6.17. The van der Waals surface area contributed by atoms with Crippen LogP contribution in [-0.4, -0.2) is 34.9 Å². The van der Waals surface area contributed by atoms with Gasteiger partial charge in [0.2, 0.25) is 0 Å². The first-order valence-corrected chi connectivity index (χ1v) is 11.6. The van der Waals surface area contributed by atoms with Crippen LogP contribution in [0.15, 0.2) is 73.1 Å². The van der Waals surface area contributed by atoms with Crippen molar-refractivity contribution in [2.24, 2.45) is 7.05 Å². The van der Waals surface area contributed by atoms with Crippen LogP contribution in [-0.2, 0) is 20.1 Å². The van der Waals surface area contributed by atoms with Crippen molar-refractivity contribution in [1.82, 2.24) is 19.4 Å². The summed E-state index contributed by atoms with van der Waals surface area (Å²) in [6.45, 7) is 1.62. The largest absolute Gasteiger partial charge is 0.493 e. The average molecular weight is 455 g/mol. The van der Waals surface area contributed by atoms with Crippen molar-refractivity contribution in [2.75, 3.05) is 20.8 Å². The molecule has 0 fully saturated rings. The molecule has 5 rings (SSSR count). The summed E-state index contributed by atoms with van der Waals surface area (Å²) < 4.78 is 15.5. The van der Waals surface area contributed by atoms with Gasteiger partial charge in [-0.05, 0) is 49.2 Å². The number of nitrogens with one attached hydrogen (secondary N) is 1. The molecule has 0 aliphatic heterocycles. The quantitative estimate of drug-likeness (QED) is 0.303. The molecule has 6 nitrogen and oxygen atoms in total. The van der Waals surface area contributed by atoms with Crippen LogP contribution in [0.4, 0.5) is 0 Å². The molecule has 0 unspecified atom stereocenters.